The lowest BCUT2D eigenvalue weighted by atomic mass is 10.4. The van der Waals surface area contributed by atoms with Crippen LogP contribution in [0, 0.1) is 13.8 Å². The second-order valence-corrected chi connectivity index (χ2v) is 4.30. The van der Waals surface area contributed by atoms with Gasteiger partial charge in [0.05, 0.1) is 17.9 Å². The Morgan fingerprint density at radius 3 is 2.93 bits per heavy atom. The van der Waals surface area contributed by atoms with E-state index in [-0.39, 0.29) is 0 Å². The molecule has 2 aromatic rings. The molecule has 2 N–H and O–H groups in total. The van der Waals surface area contributed by atoms with Gasteiger partial charge in [0.2, 0.25) is 0 Å². The van der Waals surface area contributed by atoms with Crippen LogP contribution in [0.3, 0.4) is 0 Å². The van der Waals surface area contributed by atoms with Gasteiger partial charge in [-0.15, -0.1) is 11.3 Å². The summed E-state index contributed by atoms with van der Waals surface area (Å²) >= 11 is 1.68. The van der Waals surface area contributed by atoms with Crippen molar-refractivity contribution in [3.63, 3.8) is 0 Å². The third kappa shape index (κ3) is 1.93. The van der Waals surface area contributed by atoms with Gasteiger partial charge in [-0.05, 0) is 19.9 Å². The maximum Gasteiger partial charge on any atom is 0.183 e. The predicted molar refractivity (Wildman–Crippen MR) is 57.5 cm³/mol. The Morgan fingerprint density at radius 1 is 1.50 bits per heavy atom. The van der Waals surface area contributed by atoms with E-state index in [2.05, 4.69) is 27.4 Å². The van der Waals surface area contributed by atoms with Crippen molar-refractivity contribution in [1.29, 1.82) is 0 Å². The van der Waals surface area contributed by atoms with E-state index in [9.17, 15) is 0 Å². The first-order chi connectivity index (χ1) is 6.75. The van der Waals surface area contributed by atoms with E-state index in [1.54, 1.807) is 17.5 Å². The number of anilines is 1. The molecule has 5 heteroatoms. The van der Waals surface area contributed by atoms with Gasteiger partial charge in [-0.2, -0.15) is 5.10 Å². The van der Waals surface area contributed by atoms with E-state index in [4.69, 9.17) is 0 Å². The van der Waals surface area contributed by atoms with Crippen LogP contribution in [-0.2, 0) is 6.54 Å². The molecule has 0 saturated carbocycles. The van der Waals surface area contributed by atoms with Crippen LogP contribution < -0.4 is 5.32 Å². The molecule has 0 amide bonds. The van der Waals surface area contributed by atoms with Gasteiger partial charge in [-0.25, -0.2) is 4.98 Å². The minimum absolute atomic E-state index is 0.742. The number of H-pyrrole nitrogens is 1. The van der Waals surface area contributed by atoms with E-state index in [0.717, 1.165) is 23.1 Å². The molecule has 0 spiro atoms. The molecule has 14 heavy (non-hydrogen) atoms. The summed E-state index contributed by atoms with van der Waals surface area (Å²) in [4.78, 5) is 5.64. The Hall–Kier alpha value is -1.36. The van der Waals surface area contributed by atoms with Gasteiger partial charge in [-0.3, -0.25) is 5.10 Å². The lowest BCUT2D eigenvalue weighted by Crippen LogP contribution is -1.99. The lowest BCUT2D eigenvalue weighted by Gasteiger charge is -1.98. The number of hydrogen-bond donors (Lipinski definition) is 2. The zero-order chi connectivity index (χ0) is 9.97. The number of hydrogen-bond acceptors (Lipinski definition) is 4. The highest BCUT2D eigenvalue weighted by Crippen LogP contribution is 2.21. The number of aromatic amines is 1. The molecule has 2 heterocycles. The fraction of sp³-hybridized carbons (Fsp3) is 0.333. The molecular formula is C9H12N4S. The first-order valence-corrected chi connectivity index (χ1v) is 5.23. The number of thiazole rings is 1. The van der Waals surface area contributed by atoms with E-state index in [1.807, 2.05) is 13.0 Å². The molecule has 0 bridgehead atoms. The fourth-order valence-electron chi connectivity index (χ4n) is 1.10. The van der Waals surface area contributed by atoms with Crippen LogP contribution in [0.25, 0.3) is 0 Å². The number of nitrogens with one attached hydrogen (secondary N) is 2. The van der Waals surface area contributed by atoms with Crippen molar-refractivity contribution >= 4 is 16.5 Å². The Kier molecular flexibility index (Phi) is 2.49. The minimum Gasteiger partial charge on any atom is -0.356 e. The maximum atomic E-state index is 4.38. The van der Waals surface area contributed by atoms with Crippen molar-refractivity contribution < 1.29 is 0 Å². The Bertz CT molecular complexity index is 385. The van der Waals surface area contributed by atoms with Crippen molar-refractivity contribution in [2.75, 3.05) is 5.32 Å². The molecule has 74 valence electrons. The molecular weight excluding hydrogens is 196 g/mol. The molecule has 0 fully saturated rings. The average molecular weight is 208 g/mol. The largest absolute Gasteiger partial charge is 0.356 e. The fourth-order valence-corrected chi connectivity index (χ4v) is 1.91. The molecule has 2 rings (SSSR count). The van der Waals surface area contributed by atoms with E-state index < -0.39 is 0 Å². The Morgan fingerprint density at radius 2 is 2.36 bits per heavy atom. The van der Waals surface area contributed by atoms with Crippen LogP contribution in [0.5, 0.6) is 0 Å². The summed E-state index contributed by atoms with van der Waals surface area (Å²) < 4.78 is 0. The summed E-state index contributed by atoms with van der Waals surface area (Å²) in [6.45, 7) is 4.84. The molecule has 0 saturated heterocycles. The minimum atomic E-state index is 0.742. The van der Waals surface area contributed by atoms with E-state index >= 15 is 0 Å². The smallest absolute Gasteiger partial charge is 0.183 e. The summed E-state index contributed by atoms with van der Waals surface area (Å²) in [5, 5.41) is 11.0. The molecule has 4 nitrogen and oxygen atoms in total. The zero-order valence-electron chi connectivity index (χ0n) is 8.16. The number of aromatic nitrogens is 3. The van der Waals surface area contributed by atoms with Crippen molar-refractivity contribution in [3.05, 3.63) is 28.5 Å². The SMILES string of the molecule is Cc1nc(NCc2ccn[nH]2)sc1C. The summed E-state index contributed by atoms with van der Waals surface area (Å²) in [5.41, 5.74) is 2.16. The molecule has 2 aromatic heterocycles. The van der Waals surface area contributed by atoms with Crippen molar-refractivity contribution in [1.82, 2.24) is 15.2 Å². The summed E-state index contributed by atoms with van der Waals surface area (Å²) in [6, 6.07) is 1.94. The summed E-state index contributed by atoms with van der Waals surface area (Å²) in [5.74, 6) is 0. The standard InChI is InChI=1S/C9H12N4S/c1-6-7(2)14-9(12-6)10-5-8-3-4-11-13-8/h3-4H,5H2,1-2H3,(H,10,12)(H,11,13). The quantitative estimate of drug-likeness (QED) is 0.812. The zero-order valence-corrected chi connectivity index (χ0v) is 8.98. The Labute approximate surface area is 86.4 Å². The molecule has 0 aromatic carbocycles. The topological polar surface area (TPSA) is 53.6 Å². The monoisotopic (exact) mass is 208 g/mol. The van der Waals surface area contributed by atoms with Crippen molar-refractivity contribution in [3.8, 4) is 0 Å². The highest BCUT2D eigenvalue weighted by molar-refractivity contribution is 7.15. The van der Waals surface area contributed by atoms with Crippen LogP contribution in [0.1, 0.15) is 16.3 Å². The van der Waals surface area contributed by atoms with Crippen LogP contribution >= 0.6 is 11.3 Å². The number of nitrogens with zero attached hydrogens (tertiary/aromatic N) is 2. The lowest BCUT2D eigenvalue weighted by molar-refractivity contribution is 0.978. The second kappa shape index (κ2) is 3.79. The molecule has 0 aliphatic rings. The van der Waals surface area contributed by atoms with E-state index in [0.29, 0.717) is 0 Å². The first kappa shape index (κ1) is 9.21. The third-order valence-corrected chi connectivity index (χ3v) is 3.05. The molecule has 0 unspecified atom stereocenters. The van der Waals surface area contributed by atoms with Crippen LogP contribution in [0.2, 0.25) is 0 Å². The van der Waals surface area contributed by atoms with Gasteiger partial charge < -0.3 is 5.32 Å². The predicted octanol–water partition coefficient (Wildman–Crippen LogP) is 2.10. The summed E-state index contributed by atoms with van der Waals surface area (Å²) in [7, 11) is 0. The van der Waals surface area contributed by atoms with Gasteiger partial charge in [0.15, 0.2) is 5.13 Å². The van der Waals surface area contributed by atoms with E-state index in [1.165, 1.54) is 4.88 Å². The van der Waals surface area contributed by atoms with Gasteiger partial charge in [0.25, 0.3) is 0 Å². The van der Waals surface area contributed by atoms with Crippen LogP contribution in [0.4, 0.5) is 5.13 Å². The van der Waals surface area contributed by atoms with Crippen LogP contribution in [-0.4, -0.2) is 15.2 Å². The molecule has 0 radical (unpaired) electrons. The third-order valence-electron chi connectivity index (χ3n) is 2.02. The van der Waals surface area contributed by atoms with Crippen LogP contribution in [0.15, 0.2) is 12.3 Å². The number of rotatable bonds is 3. The van der Waals surface area contributed by atoms with Gasteiger partial charge in [0, 0.05) is 11.1 Å². The highest BCUT2D eigenvalue weighted by atomic mass is 32.1. The van der Waals surface area contributed by atoms with Gasteiger partial charge in [-0.1, -0.05) is 0 Å². The number of aryl methyl sites for hydroxylation is 2. The normalized spacial score (nSPS) is 10.4. The second-order valence-electron chi connectivity index (χ2n) is 3.10. The van der Waals surface area contributed by atoms with Gasteiger partial charge in [0.1, 0.15) is 0 Å². The van der Waals surface area contributed by atoms with Crippen molar-refractivity contribution in [2.24, 2.45) is 0 Å². The Balaban J connectivity index is 1.98. The molecule has 0 aliphatic heterocycles. The van der Waals surface area contributed by atoms with Gasteiger partial charge >= 0.3 is 0 Å². The molecule has 0 atom stereocenters. The first-order valence-electron chi connectivity index (χ1n) is 4.42. The van der Waals surface area contributed by atoms with Crippen molar-refractivity contribution in [2.45, 2.75) is 20.4 Å². The average Bonchev–Trinajstić information content (AvgIpc) is 2.74. The maximum absolute atomic E-state index is 4.38. The summed E-state index contributed by atoms with van der Waals surface area (Å²) in [6.07, 6.45) is 1.75. The highest BCUT2D eigenvalue weighted by Gasteiger charge is 2.02. The molecule has 0 aliphatic carbocycles.